The summed E-state index contributed by atoms with van der Waals surface area (Å²) in [7, 11) is 6.90. The van der Waals surface area contributed by atoms with E-state index >= 15 is 0 Å². The molecule has 1 atom stereocenters. The molecule has 3 rings (SSSR count). The average molecular weight is 428 g/mol. The van der Waals surface area contributed by atoms with E-state index in [1.165, 1.54) is 25.2 Å². The normalized spacial score (nSPS) is 16.4. The van der Waals surface area contributed by atoms with Crippen LogP contribution in [-0.2, 0) is 4.79 Å². The van der Waals surface area contributed by atoms with Gasteiger partial charge < -0.3 is 28.8 Å². The number of para-hydroxylation sites is 1. The second kappa shape index (κ2) is 9.26. The maximum absolute atomic E-state index is 13.3. The monoisotopic (exact) mass is 428 g/mol. The quantitative estimate of drug-likeness (QED) is 0.614. The lowest BCUT2D eigenvalue weighted by atomic mass is 9.94. The number of aryl methyl sites for hydroxylation is 1. The zero-order valence-electron chi connectivity index (χ0n) is 18.5. The number of Topliss-reactive ketones (excluding diaryl/α,β-unsaturated/α-hetero) is 1. The fourth-order valence-corrected chi connectivity index (χ4v) is 3.81. The van der Waals surface area contributed by atoms with E-state index in [1.54, 1.807) is 31.2 Å². The number of carbonyl (C=O) groups excluding carboxylic acids is 2. The number of nitrogens with zero attached hydrogens (tertiary/aromatic N) is 2. The number of rotatable bonds is 9. The Morgan fingerprint density at radius 3 is 2.52 bits per heavy atom. The van der Waals surface area contributed by atoms with Gasteiger partial charge in [0.05, 0.1) is 25.8 Å². The van der Waals surface area contributed by atoms with Crippen molar-refractivity contribution < 1.29 is 28.6 Å². The van der Waals surface area contributed by atoms with Crippen LogP contribution in [0, 0.1) is 6.92 Å². The lowest BCUT2D eigenvalue weighted by Gasteiger charge is -2.28. The van der Waals surface area contributed by atoms with Crippen molar-refractivity contribution in [1.29, 1.82) is 0 Å². The van der Waals surface area contributed by atoms with Crippen molar-refractivity contribution in [3.8, 4) is 11.5 Å². The molecule has 1 aromatic heterocycles. The molecule has 1 aromatic carbocycles. The van der Waals surface area contributed by atoms with Crippen LogP contribution in [0.2, 0.25) is 0 Å². The highest BCUT2D eigenvalue weighted by molar-refractivity contribution is 6.15. The summed E-state index contributed by atoms with van der Waals surface area (Å²) in [5.74, 6) is -0.216. The Morgan fingerprint density at radius 2 is 1.94 bits per heavy atom. The van der Waals surface area contributed by atoms with Gasteiger partial charge in [-0.3, -0.25) is 9.59 Å². The predicted octanol–water partition coefficient (Wildman–Crippen LogP) is 3.14. The number of furan rings is 1. The maximum Gasteiger partial charge on any atom is 0.290 e. The highest BCUT2D eigenvalue weighted by Crippen LogP contribution is 2.45. The standard InChI is InChI=1S/C23H28N2O6/c1-14-10-11-16(31-14)20(26)18-19(15-8-6-9-17(29-4)22(15)30-5)25(23(28)21(18)27)13-7-12-24(2)3/h6,8-11,19,27H,7,12-13H2,1-5H3/t19-/m1/s1. The fraction of sp³-hybridized carbons (Fsp3) is 0.391. The summed E-state index contributed by atoms with van der Waals surface area (Å²) >= 11 is 0. The van der Waals surface area contributed by atoms with E-state index in [0.717, 1.165) is 6.54 Å². The number of amides is 1. The Labute approximate surface area is 181 Å². The number of ether oxygens (including phenoxy) is 2. The number of aliphatic hydroxyl groups is 1. The van der Waals surface area contributed by atoms with Gasteiger partial charge in [0, 0.05) is 12.1 Å². The van der Waals surface area contributed by atoms with E-state index in [0.29, 0.717) is 35.8 Å². The molecule has 0 aliphatic carbocycles. The Bertz CT molecular complexity index is 1010. The molecule has 1 amide bonds. The number of methoxy groups -OCH3 is 2. The van der Waals surface area contributed by atoms with Crippen LogP contribution >= 0.6 is 0 Å². The Hall–Kier alpha value is -3.26. The first-order chi connectivity index (χ1) is 14.8. The molecule has 1 aliphatic heterocycles. The third kappa shape index (κ3) is 4.29. The highest BCUT2D eigenvalue weighted by atomic mass is 16.5. The number of ketones is 1. The minimum atomic E-state index is -0.836. The van der Waals surface area contributed by atoms with Crippen LogP contribution < -0.4 is 9.47 Å². The fourth-order valence-electron chi connectivity index (χ4n) is 3.81. The molecule has 2 heterocycles. The zero-order valence-corrected chi connectivity index (χ0v) is 18.5. The van der Waals surface area contributed by atoms with Gasteiger partial charge >= 0.3 is 0 Å². The summed E-state index contributed by atoms with van der Waals surface area (Å²) in [5.41, 5.74) is 0.520. The van der Waals surface area contributed by atoms with Crippen molar-refractivity contribution in [3.63, 3.8) is 0 Å². The molecule has 0 bridgehead atoms. The van der Waals surface area contributed by atoms with E-state index in [2.05, 4.69) is 0 Å². The summed E-state index contributed by atoms with van der Waals surface area (Å²) < 4.78 is 16.5. The first-order valence-corrected chi connectivity index (χ1v) is 10.0. The third-order valence-corrected chi connectivity index (χ3v) is 5.24. The van der Waals surface area contributed by atoms with E-state index in [1.807, 2.05) is 19.0 Å². The average Bonchev–Trinajstić information content (AvgIpc) is 3.29. The Kier molecular flexibility index (Phi) is 6.70. The highest BCUT2D eigenvalue weighted by Gasteiger charge is 2.45. The van der Waals surface area contributed by atoms with E-state index in [-0.39, 0.29) is 11.3 Å². The molecular formula is C23H28N2O6. The number of aliphatic hydroxyl groups excluding tert-OH is 1. The van der Waals surface area contributed by atoms with Crippen molar-refractivity contribution in [2.45, 2.75) is 19.4 Å². The summed E-state index contributed by atoms with van der Waals surface area (Å²) in [5, 5.41) is 10.7. The minimum absolute atomic E-state index is 0.0317. The van der Waals surface area contributed by atoms with Crippen LogP contribution in [-0.4, -0.2) is 68.0 Å². The molecule has 0 saturated carbocycles. The van der Waals surface area contributed by atoms with Gasteiger partial charge in [0.25, 0.3) is 5.91 Å². The van der Waals surface area contributed by atoms with Crippen molar-refractivity contribution in [3.05, 3.63) is 58.7 Å². The predicted molar refractivity (Wildman–Crippen MR) is 115 cm³/mol. The van der Waals surface area contributed by atoms with Crippen LogP contribution in [0.3, 0.4) is 0 Å². The zero-order chi connectivity index (χ0) is 22.7. The van der Waals surface area contributed by atoms with Crippen molar-refractivity contribution >= 4 is 11.7 Å². The number of benzene rings is 1. The van der Waals surface area contributed by atoms with Crippen molar-refractivity contribution in [2.75, 3.05) is 41.4 Å². The van der Waals surface area contributed by atoms with Gasteiger partial charge in [-0.25, -0.2) is 0 Å². The maximum atomic E-state index is 13.3. The SMILES string of the molecule is COc1cccc([C@@H]2C(C(=O)c3ccc(C)o3)=C(O)C(=O)N2CCCN(C)C)c1OC. The first-order valence-electron chi connectivity index (χ1n) is 10.0. The third-order valence-electron chi connectivity index (χ3n) is 5.24. The smallest absolute Gasteiger partial charge is 0.290 e. The van der Waals surface area contributed by atoms with Crippen LogP contribution in [0.25, 0.3) is 0 Å². The van der Waals surface area contributed by atoms with Gasteiger partial charge in [0.2, 0.25) is 5.78 Å². The van der Waals surface area contributed by atoms with E-state index in [4.69, 9.17) is 13.9 Å². The lowest BCUT2D eigenvalue weighted by molar-refractivity contribution is -0.129. The van der Waals surface area contributed by atoms with Crippen molar-refractivity contribution in [1.82, 2.24) is 9.80 Å². The molecule has 2 aromatic rings. The van der Waals surface area contributed by atoms with E-state index in [9.17, 15) is 14.7 Å². The summed E-state index contributed by atoms with van der Waals surface area (Å²) in [6, 6.07) is 7.62. The molecule has 8 nitrogen and oxygen atoms in total. The van der Waals surface area contributed by atoms with Gasteiger partial charge in [-0.2, -0.15) is 0 Å². The second-order valence-electron chi connectivity index (χ2n) is 7.64. The van der Waals surface area contributed by atoms with Crippen LogP contribution in [0.5, 0.6) is 11.5 Å². The lowest BCUT2D eigenvalue weighted by Crippen LogP contribution is -2.33. The van der Waals surface area contributed by atoms with Gasteiger partial charge in [0.15, 0.2) is 23.0 Å². The molecular weight excluding hydrogens is 400 g/mol. The summed E-state index contributed by atoms with van der Waals surface area (Å²) in [4.78, 5) is 29.8. The number of carbonyl (C=O) groups is 2. The van der Waals surface area contributed by atoms with Crippen LogP contribution in [0.15, 0.2) is 46.1 Å². The second-order valence-corrected chi connectivity index (χ2v) is 7.64. The van der Waals surface area contributed by atoms with Crippen molar-refractivity contribution in [2.24, 2.45) is 0 Å². The summed E-state index contributed by atoms with van der Waals surface area (Å²) in [6.07, 6.45) is 0.663. The summed E-state index contributed by atoms with van der Waals surface area (Å²) in [6.45, 7) is 2.81. The Morgan fingerprint density at radius 1 is 1.19 bits per heavy atom. The molecule has 0 unspecified atom stereocenters. The molecule has 0 radical (unpaired) electrons. The van der Waals surface area contributed by atoms with Gasteiger partial charge in [-0.1, -0.05) is 12.1 Å². The number of hydrogen-bond acceptors (Lipinski definition) is 7. The number of hydrogen-bond donors (Lipinski definition) is 1. The Balaban J connectivity index is 2.11. The largest absolute Gasteiger partial charge is 0.503 e. The molecule has 8 heteroatoms. The van der Waals surface area contributed by atoms with Gasteiger partial charge in [0.1, 0.15) is 5.76 Å². The molecule has 1 N–H and O–H groups in total. The molecule has 166 valence electrons. The van der Waals surface area contributed by atoms with Crippen LogP contribution in [0.4, 0.5) is 0 Å². The molecule has 0 fully saturated rings. The minimum Gasteiger partial charge on any atom is -0.503 e. The molecule has 0 spiro atoms. The van der Waals surface area contributed by atoms with Gasteiger partial charge in [-0.15, -0.1) is 0 Å². The first kappa shape index (κ1) is 22.4. The van der Waals surface area contributed by atoms with Gasteiger partial charge in [-0.05, 0) is 52.2 Å². The van der Waals surface area contributed by atoms with E-state index < -0.39 is 23.5 Å². The molecule has 0 saturated heterocycles. The molecule has 31 heavy (non-hydrogen) atoms. The van der Waals surface area contributed by atoms with Crippen LogP contribution in [0.1, 0.15) is 34.3 Å². The molecule has 1 aliphatic rings. The topological polar surface area (TPSA) is 92.5 Å².